The Balaban J connectivity index is 1.93. The molecule has 0 aliphatic carbocycles. The average molecular weight is 425 g/mol. The van der Waals surface area contributed by atoms with Gasteiger partial charge in [-0.25, -0.2) is 0 Å². The second-order valence-corrected chi connectivity index (χ2v) is 6.64. The third-order valence-corrected chi connectivity index (χ3v) is 4.55. The maximum atomic E-state index is 13.4. The first-order valence-electron chi connectivity index (χ1n) is 8.92. The van der Waals surface area contributed by atoms with Crippen molar-refractivity contribution in [3.8, 4) is 6.07 Å². The topological polar surface area (TPSA) is 132 Å². The van der Waals surface area contributed by atoms with Crippen LogP contribution in [0.2, 0.25) is 0 Å². The van der Waals surface area contributed by atoms with Gasteiger partial charge in [0.05, 0.1) is 37.1 Å². The van der Waals surface area contributed by atoms with Gasteiger partial charge in [-0.2, -0.15) is 18.4 Å². The van der Waals surface area contributed by atoms with Crippen LogP contribution in [0.15, 0.2) is 24.5 Å². The highest BCUT2D eigenvalue weighted by atomic mass is 19.4. The number of carbonyl (C=O) groups is 1. The van der Waals surface area contributed by atoms with E-state index < -0.39 is 43.5 Å². The quantitative estimate of drug-likeness (QED) is 0.615. The number of amides is 1. The summed E-state index contributed by atoms with van der Waals surface area (Å²) in [5.74, 6) is -0.856. The SMILES string of the molecule is N#Cc1ccc(N2C[C@@H](C(=O)NC[C@@H](O)CO)O[C@@H](C(F)(F)F)C2)c2nccnc12. The first-order chi connectivity index (χ1) is 14.2. The average Bonchev–Trinajstić information content (AvgIpc) is 2.75. The standard InChI is InChI=1S/C18H18F3N5O4/c19-18(20,21)14-8-26(7-13(30-14)17(29)25-6-11(28)9-27)12-2-1-10(5-22)15-16(12)24-4-3-23-15/h1-4,11,13-14,27-28H,6-9H2,(H,25,29)/t11-,13+,14-/m1/s1. The smallest absolute Gasteiger partial charge is 0.394 e. The summed E-state index contributed by atoms with van der Waals surface area (Å²) in [4.78, 5) is 21.9. The number of carbonyl (C=O) groups excluding carboxylic acids is 1. The number of hydrogen-bond donors (Lipinski definition) is 3. The van der Waals surface area contributed by atoms with Gasteiger partial charge >= 0.3 is 6.18 Å². The van der Waals surface area contributed by atoms with Gasteiger partial charge in [0.2, 0.25) is 0 Å². The Labute approximate surface area is 168 Å². The van der Waals surface area contributed by atoms with Crippen molar-refractivity contribution in [3.63, 3.8) is 0 Å². The molecule has 1 aliphatic rings. The number of ether oxygens (including phenoxy) is 1. The summed E-state index contributed by atoms with van der Waals surface area (Å²) in [5, 5.41) is 29.7. The van der Waals surface area contributed by atoms with Crippen molar-refractivity contribution in [1.29, 1.82) is 5.26 Å². The van der Waals surface area contributed by atoms with Crippen molar-refractivity contribution in [1.82, 2.24) is 15.3 Å². The Morgan fingerprint density at radius 1 is 1.33 bits per heavy atom. The zero-order valence-electron chi connectivity index (χ0n) is 15.5. The van der Waals surface area contributed by atoms with Crippen molar-refractivity contribution >= 4 is 22.6 Å². The van der Waals surface area contributed by atoms with Crippen molar-refractivity contribution in [3.05, 3.63) is 30.1 Å². The molecule has 1 fully saturated rings. The van der Waals surface area contributed by atoms with Crippen LogP contribution >= 0.6 is 0 Å². The van der Waals surface area contributed by atoms with Gasteiger partial charge in [0.15, 0.2) is 12.2 Å². The predicted octanol–water partition coefficient (Wildman–Crippen LogP) is 0.107. The van der Waals surface area contributed by atoms with Crippen LogP contribution in [0.4, 0.5) is 18.9 Å². The molecule has 0 radical (unpaired) electrons. The number of aliphatic hydroxyl groups is 2. The molecule has 30 heavy (non-hydrogen) atoms. The molecule has 9 nitrogen and oxygen atoms in total. The van der Waals surface area contributed by atoms with Gasteiger partial charge in [-0.15, -0.1) is 0 Å². The van der Waals surface area contributed by atoms with Crippen LogP contribution in [0.5, 0.6) is 0 Å². The molecule has 12 heteroatoms. The second kappa shape index (κ2) is 8.78. The summed E-state index contributed by atoms with van der Waals surface area (Å²) >= 11 is 0. The van der Waals surface area contributed by atoms with Crippen LogP contribution in [0.25, 0.3) is 11.0 Å². The molecule has 2 aromatic rings. The van der Waals surface area contributed by atoms with Gasteiger partial charge in [-0.1, -0.05) is 0 Å². The minimum atomic E-state index is -4.73. The molecule has 3 N–H and O–H groups in total. The first kappa shape index (κ1) is 21.7. The normalized spacial score (nSPS) is 20.6. The molecule has 1 saturated heterocycles. The van der Waals surface area contributed by atoms with Gasteiger partial charge in [0.1, 0.15) is 17.1 Å². The zero-order valence-corrected chi connectivity index (χ0v) is 15.5. The monoisotopic (exact) mass is 425 g/mol. The van der Waals surface area contributed by atoms with Crippen molar-refractivity contribution < 1.29 is 32.9 Å². The van der Waals surface area contributed by atoms with Crippen molar-refractivity contribution in [2.75, 3.05) is 31.1 Å². The lowest BCUT2D eigenvalue weighted by atomic mass is 10.1. The van der Waals surface area contributed by atoms with Crippen LogP contribution in [0.3, 0.4) is 0 Å². The number of morpholine rings is 1. The van der Waals surface area contributed by atoms with Crippen molar-refractivity contribution in [2.45, 2.75) is 24.5 Å². The summed E-state index contributed by atoms with van der Waals surface area (Å²) < 4.78 is 45.3. The summed E-state index contributed by atoms with van der Waals surface area (Å²) in [6, 6.07) is 4.84. The lowest BCUT2D eigenvalue weighted by Gasteiger charge is -2.39. The molecular formula is C18H18F3N5O4. The van der Waals surface area contributed by atoms with Gasteiger partial charge in [-0.05, 0) is 12.1 Å². The number of nitrogens with one attached hydrogen (secondary N) is 1. The first-order valence-corrected chi connectivity index (χ1v) is 8.92. The fourth-order valence-electron chi connectivity index (χ4n) is 3.07. The van der Waals surface area contributed by atoms with Gasteiger partial charge < -0.3 is 25.2 Å². The molecule has 1 aromatic heterocycles. The van der Waals surface area contributed by atoms with Gasteiger partial charge in [-0.3, -0.25) is 14.8 Å². The van der Waals surface area contributed by atoms with Gasteiger partial charge in [0, 0.05) is 18.9 Å². The third-order valence-electron chi connectivity index (χ3n) is 4.55. The lowest BCUT2D eigenvalue weighted by molar-refractivity contribution is -0.234. The third kappa shape index (κ3) is 4.59. The number of halogens is 3. The van der Waals surface area contributed by atoms with E-state index in [2.05, 4.69) is 15.3 Å². The molecule has 0 saturated carbocycles. The fourth-order valence-corrected chi connectivity index (χ4v) is 3.07. The molecule has 0 bridgehead atoms. The number of aliphatic hydroxyl groups excluding tert-OH is 2. The van der Waals surface area contributed by atoms with Crippen molar-refractivity contribution in [2.24, 2.45) is 0 Å². The Morgan fingerprint density at radius 3 is 2.67 bits per heavy atom. The summed E-state index contributed by atoms with van der Waals surface area (Å²) in [7, 11) is 0. The van der Waals surface area contributed by atoms with E-state index in [4.69, 9.17) is 9.84 Å². The molecule has 1 amide bonds. The molecule has 0 spiro atoms. The number of aromatic nitrogens is 2. The van der Waals surface area contributed by atoms with E-state index in [1.54, 1.807) is 0 Å². The van der Waals surface area contributed by atoms with E-state index in [0.29, 0.717) is 0 Å². The number of nitrogens with zero attached hydrogens (tertiary/aromatic N) is 4. The van der Waals surface area contributed by atoms with E-state index in [0.717, 1.165) is 0 Å². The van der Waals surface area contributed by atoms with Crippen LogP contribution < -0.4 is 10.2 Å². The summed E-state index contributed by atoms with van der Waals surface area (Å²) in [6.07, 6.45) is -6.98. The van der Waals surface area contributed by atoms with Crippen LogP contribution in [0.1, 0.15) is 5.56 Å². The number of anilines is 1. The van der Waals surface area contributed by atoms with E-state index >= 15 is 0 Å². The molecular weight excluding hydrogens is 407 g/mol. The largest absolute Gasteiger partial charge is 0.416 e. The molecule has 3 rings (SSSR count). The molecule has 2 heterocycles. The second-order valence-electron chi connectivity index (χ2n) is 6.64. The Bertz CT molecular complexity index is 965. The number of nitriles is 1. The fraction of sp³-hybridized carbons (Fsp3) is 0.444. The minimum absolute atomic E-state index is 0.217. The maximum absolute atomic E-state index is 13.4. The number of benzene rings is 1. The lowest BCUT2D eigenvalue weighted by Crippen LogP contribution is -2.57. The van der Waals surface area contributed by atoms with Crippen LogP contribution in [0, 0.1) is 11.3 Å². The van der Waals surface area contributed by atoms with E-state index in [-0.39, 0.29) is 35.4 Å². The summed E-state index contributed by atoms with van der Waals surface area (Å²) in [5.41, 5.74) is 0.964. The minimum Gasteiger partial charge on any atom is -0.394 e. The Hall–Kier alpha value is -3.01. The van der Waals surface area contributed by atoms with E-state index in [1.165, 1.54) is 29.4 Å². The van der Waals surface area contributed by atoms with Gasteiger partial charge in [0.25, 0.3) is 5.91 Å². The predicted molar refractivity (Wildman–Crippen MR) is 97.3 cm³/mol. The Kier molecular flexibility index (Phi) is 6.35. The highest BCUT2D eigenvalue weighted by Crippen LogP contribution is 2.33. The molecule has 0 unspecified atom stereocenters. The van der Waals surface area contributed by atoms with Crippen LogP contribution in [-0.2, 0) is 9.53 Å². The Morgan fingerprint density at radius 2 is 2.03 bits per heavy atom. The molecule has 3 atom stereocenters. The van der Waals surface area contributed by atoms with E-state index in [9.17, 15) is 28.3 Å². The van der Waals surface area contributed by atoms with E-state index in [1.807, 2.05) is 6.07 Å². The maximum Gasteiger partial charge on any atom is 0.416 e. The summed E-state index contributed by atoms with van der Waals surface area (Å²) in [6.45, 7) is -1.74. The number of hydrogen-bond acceptors (Lipinski definition) is 8. The molecule has 1 aromatic carbocycles. The molecule has 1 aliphatic heterocycles. The van der Waals surface area contributed by atoms with Crippen LogP contribution in [-0.4, -0.2) is 76.8 Å². The molecule has 160 valence electrons. The number of fused-ring (bicyclic) bond motifs is 1. The number of alkyl halides is 3. The highest BCUT2D eigenvalue weighted by molar-refractivity contribution is 5.92. The highest BCUT2D eigenvalue weighted by Gasteiger charge is 2.47. The zero-order chi connectivity index (χ0) is 21.9. The number of rotatable bonds is 5.